The third-order valence-corrected chi connectivity index (χ3v) is 2.52. The zero-order chi connectivity index (χ0) is 14.4. The van der Waals surface area contributed by atoms with Gasteiger partial charge in [-0.3, -0.25) is 9.59 Å². The molecule has 0 aliphatic heterocycles. The predicted octanol–water partition coefficient (Wildman–Crippen LogP) is 0.841. The summed E-state index contributed by atoms with van der Waals surface area (Å²) in [7, 11) is 0. The minimum absolute atomic E-state index is 0.0563. The Morgan fingerprint density at radius 2 is 1.89 bits per heavy atom. The summed E-state index contributed by atoms with van der Waals surface area (Å²) in [4.78, 5) is 23.4. The predicted molar refractivity (Wildman–Crippen MR) is 75.4 cm³/mol. The Kier molecular flexibility index (Phi) is 5.36. The Bertz CT molecular complexity index is 458. The first-order valence-corrected chi connectivity index (χ1v) is 6.32. The fourth-order valence-electron chi connectivity index (χ4n) is 1.66. The van der Waals surface area contributed by atoms with Gasteiger partial charge in [-0.15, -0.1) is 0 Å². The SMILES string of the molecule is CC(C)NC(=O)C(C)NC(=O)Cc1cccc(N)c1. The standard InChI is InChI=1S/C14H21N3O2/c1-9(2)16-14(19)10(3)17-13(18)8-11-5-4-6-12(15)7-11/h4-7,9-10H,8,15H2,1-3H3,(H,16,19)(H,17,18). The van der Waals surface area contributed by atoms with Gasteiger partial charge in [0.1, 0.15) is 6.04 Å². The Balaban J connectivity index is 2.49. The lowest BCUT2D eigenvalue weighted by molar-refractivity contribution is -0.128. The van der Waals surface area contributed by atoms with Gasteiger partial charge in [-0.25, -0.2) is 0 Å². The third-order valence-electron chi connectivity index (χ3n) is 2.52. The van der Waals surface area contributed by atoms with Crippen molar-refractivity contribution >= 4 is 17.5 Å². The van der Waals surface area contributed by atoms with E-state index < -0.39 is 6.04 Å². The maximum absolute atomic E-state index is 11.8. The lowest BCUT2D eigenvalue weighted by Gasteiger charge is -2.16. The second kappa shape index (κ2) is 6.78. The summed E-state index contributed by atoms with van der Waals surface area (Å²) < 4.78 is 0. The van der Waals surface area contributed by atoms with Crippen LogP contribution in [0.3, 0.4) is 0 Å². The van der Waals surface area contributed by atoms with Crippen LogP contribution in [-0.4, -0.2) is 23.9 Å². The fourth-order valence-corrected chi connectivity index (χ4v) is 1.66. The number of nitrogens with two attached hydrogens (primary N) is 1. The average molecular weight is 263 g/mol. The lowest BCUT2D eigenvalue weighted by Crippen LogP contribution is -2.47. The molecule has 0 spiro atoms. The van der Waals surface area contributed by atoms with E-state index in [2.05, 4.69) is 10.6 Å². The number of benzene rings is 1. The summed E-state index contributed by atoms with van der Waals surface area (Å²) in [6.45, 7) is 5.41. The van der Waals surface area contributed by atoms with Crippen LogP contribution in [0.5, 0.6) is 0 Å². The lowest BCUT2D eigenvalue weighted by atomic mass is 10.1. The first-order chi connectivity index (χ1) is 8.88. The highest BCUT2D eigenvalue weighted by Gasteiger charge is 2.16. The van der Waals surface area contributed by atoms with Crippen LogP contribution in [0.4, 0.5) is 5.69 Å². The number of amides is 2. The van der Waals surface area contributed by atoms with Crippen molar-refractivity contribution in [2.45, 2.75) is 39.3 Å². The van der Waals surface area contributed by atoms with Gasteiger partial charge in [0, 0.05) is 11.7 Å². The second-order valence-corrected chi connectivity index (χ2v) is 4.87. The zero-order valence-electron chi connectivity index (χ0n) is 11.6. The molecule has 1 rings (SSSR count). The molecule has 5 nitrogen and oxygen atoms in total. The van der Waals surface area contributed by atoms with E-state index in [1.807, 2.05) is 19.9 Å². The first kappa shape index (κ1) is 15.0. The van der Waals surface area contributed by atoms with Crippen molar-refractivity contribution in [2.75, 3.05) is 5.73 Å². The molecule has 1 aromatic rings. The number of carbonyl (C=O) groups excluding carboxylic acids is 2. The molecule has 0 bridgehead atoms. The van der Waals surface area contributed by atoms with E-state index >= 15 is 0 Å². The molecule has 0 heterocycles. The number of hydrogen-bond acceptors (Lipinski definition) is 3. The molecule has 0 saturated heterocycles. The number of rotatable bonds is 5. The van der Waals surface area contributed by atoms with Crippen LogP contribution in [0.2, 0.25) is 0 Å². The number of hydrogen-bond donors (Lipinski definition) is 3. The number of anilines is 1. The quantitative estimate of drug-likeness (QED) is 0.688. The third kappa shape index (κ3) is 5.42. The molecule has 1 unspecified atom stereocenters. The highest BCUT2D eigenvalue weighted by molar-refractivity contribution is 5.88. The molecule has 0 saturated carbocycles. The van der Waals surface area contributed by atoms with Crippen LogP contribution in [0.25, 0.3) is 0 Å². The van der Waals surface area contributed by atoms with Gasteiger partial charge >= 0.3 is 0 Å². The van der Waals surface area contributed by atoms with Crippen molar-refractivity contribution < 1.29 is 9.59 Å². The maximum atomic E-state index is 11.8. The van der Waals surface area contributed by atoms with Gasteiger partial charge in [0.25, 0.3) is 0 Å². The van der Waals surface area contributed by atoms with Gasteiger partial charge in [-0.2, -0.15) is 0 Å². The molecule has 0 aliphatic rings. The summed E-state index contributed by atoms with van der Waals surface area (Å²) in [6, 6.07) is 6.65. The molecular weight excluding hydrogens is 242 g/mol. The van der Waals surface area contributed by atoms with E-state index in [1.165, 1.54) is 0 Å². The fraction of sp³-hybridized carbons (Fsp3) is 0.429. The van der Waals surface area contributed by atoms with Gasteiger partial charge in [-0.1, -0.05) is 12.1 Å². The largest absolute Gasteiger partial charge is 0.399 e. The van der Waals surface area contributed by atoms with Crippen molar-refractivity contribution in [3.8, 4) is 0 Å². The summed E-state index contributed by atoms with van der Waals surface area (Å²) in [6.07, 6.45) is 0.213. The summed E-state index contributed by atoms with van der Waals surface area (Å²) >= 11 is 0. The molecule has 4 N–H and O–H groups in total. The molecule has 0 fully saturated rings. The Hall–Kier alpha value is -2.04. The molecule has 5 heteroatoms. The zero-order valence-corrected chi connectivity index (χ0v) is 11.6. The van der Waals surface area contributed by atoms with Crippen molar-refractivity contribution in [3.63, 3.8) is 0 Å². The van der Waals surface area contributed by atoms with Gasteiger partial charge < -0.3 is 16.4 Å². The molecular formula is C14H21N3O2. The number of nitrogen functional groups attached to an aromatic ring is 1. The minimum Gasteiger partial charge on any atom is -0.399 e. The van der Waals surface area contributed by atoms with Crippen molar-refractivity contribution in [1.82, 2.24) is 10.6 Å². The monoisotopic (exact) mass is 263 g/mol. The molecule has 0 aromatic heterocycles. The van der Waals surface area contributed by atoms with Crippen LogP contribution in [-0.2, 0) is 16.0 Å². The maximum Gasteiger partial charge on any atom is 0.242 e. The van der Waals surface area contributed by atoms with Gasteiger partial charge in [0.2, 0.25) is 11.8 Å². The van der Waals surface area contributed by atoms with E-state index in [-0.39, 0.29) is 24.3 Å². The molecule has 2 amide bonds. The Morgan fingerprint density at radius 3 is 2.47 bits per heavy atom. The first-order valence-electron chi connectivity index (χ1n) is 6.32. The molecule has 1 atom stereocenters. The van der Waals surface area contributed by atoms with E-state index in [0.29, 0.717) is 5.69 Å². The van der Waals surface area contributed by atoms with Crippen LogP contribution in [0.1, 0.15) is 26.3 Å². The molecule has 104 valence electrons. The van der Waals surface area contributed by atoms with Gasteiger partial charge in [0.15, 0.2) is 0 Å². The average Bonchev–Trinajstić information content (AvgIpc) is 2.27. The Morgan fingerprint density at radius 1 is 1.21 bits per heavy atom. The van der Waals surface area contributed by atoms with Crippen molar-refractivity contribution in [3.05, 3.63) is 29.8 Å². The summed E-state index contributed by atoms with van der Waals surface area (Å²) in [5, 5.41) is 5.41. The smallest absolute Gasteiger partial charge is 0.242 e. The van der Waals surface area contributed by atoms with Crippen LogP contribution in [0, 0.1) is 0 Å². The van der Waals surface area contributed by atoms with E-state index in [0.717, 1.165) is 5.56 Å². The van der Waals surface area contributed by atoms with Crippen LogP contribution < -0.4 is 16.4 Å². The molecule has 19 heavy (non-hydrogen) atoms. The van der Waals surface area contributed by atoms with E-state index in [9.17, 15) is 9.59 Å². The minimum atomic E-state index is -0.545. The normalized spacial score (nSPS) is 12.0. The van der Waals surface area contributed by atoms with E-state index in [4.69, 9.17) is 5.73 Å². The second-order valence-electron chi connectivity index (χ2n) is 4.87. The highest BCUT2D eigenvalue weighted by atomic mass is 16.2. The molecule has 0 aliphatic carbocycles. The van der Waals surface area contributed by atoms with Gasteiger partial charge in [0.05, 0.1) is 6.42 Å². The van der Waals surface area contributed by atoms with E-state index in [1.54, 1.807) is 25.1 Å². The molecule has 1 aromatic carbocycles. The highest BCUT2D eigenvalue weighted by Crippen LogP contribution is 2.07. The van der Waals surface area contributed by atoms with Crippen LogP contribution >= 0.6 is 0 Å². The topological polar surface area (TPSA) is 84.2 Å². The summed E-state index contributed by atoms with van der Waals surface area (Å²) in [5.74, 6) is -0.382. The number of carbonyl (C=O) groups is 2. The van der Waals surface area contributed by atoms with Crippen molar-refractivity contribution in [1.29, 1.82) is 0 Å². The number of nitrogens with one attached hydrogen (secondary N) is 2. The van der Waals surface area contributed by atoms with Crippen LogP contribution in [0.15, 0.2) is 24.3 Å². The summed E-state index contributed by atoms with van der Waals surface area (Å²) in [5.41, 5.74) is 7.09. The van der Waals surface area contributed by atoms with Gasteiger partial charge in [-0.05, 0) is 38.5 Å². The Labute approximate surface area is 113 Å². The van der Waals surface area contributed by atoms with Crippen molar-refractivity contribution in [2.24, 2.45) is 0 Å². The molecule has 0 radical (unpaired) electrons.